The van der Waals surface area contributed by atoms with Crippen molar-refractivity contribution in [2.24, 2.45) is 11.7 Å². The number of halogens is 1. The molecule has 1 aromatic heterocycles. The molecule has 0 aliphatic carbocycles. The number of likely N-dealkylation sites (tertiary alicyclic amines) is 1. The predicted octanol–water partition coefficient (Wildman–Crippen LogP) is 1.41. The number of hydrogen-bond acceptors (Lipinski definition) is 6. The monoisotopic (exact) mass is 366 g/mol. The zero-order valence-electron chi connectivity index (χ0n) is 13.4. The minimum atomic E-state index is -0.478. The Labute approximate surface area is 150 Å². The molecule has 0 spiro atoms. The molecular formula is C15H19ClN6O3. The van der Waals surface area contributed by atoms with Crippen LogP contribution < -0.4 is 5.73 Å². The van der Waals surface area contributed by atoms with Gasteiger partial charge in [-0.3, -0.25) is 14.9 Å². The van der Waals surface area contributed by atoms with E-state index in [9.17, 15) is 14.9 Å². The minimum absolute atomic E-state index is 0. The highest BCUT2D eigenvalue weighted by atomic mass is 35.5. The van der Waals surface area contributed by atoms with Gasteiger partial charge in [0.25, 0.3) is 11.6 Å². The molecule has 10 heteroatoms. The summed E-state index contributed by atoms with van der Waals surface area (Å²) in [6.45, 7) is 1.96. The van der Waals surface area contributed by atoms with E-state index in [2.05, 4.69) is 10.3 Å². The molecule has 2 N–H and O–H groups in total. The Kier molecular flexibility index (Phi) is 6.05. The van der Waals surface area contributed by atoms with E-state index in [1.54, 1.807) is 17.0 Å². The van der Waals surface area contributed by atoms with Crippen LogP contribution in [0.2, 0.25) is 0 Å². The zero-order valence-corrected chi connectivity index (χ0v) is 14.3. The van der Waals surface area contributed by atoms with Gasteiger partial charge in [-0.1, -0.05) is 11.3 Å². The smallest absolute Gasteiger partial charge is 0.276 e. The summed E-state index contributed by atoms with van der Waals surface area (Å²) in [6.07, 6.45) is 3.28. The van der Waals surface area contributed by atoms with E-state index in [1.165, 1.54) is 23.0 Å². The topological polar surface area (TPSA) is 120 Å². The third-order valence-corrected chi connectivity index (χ3v) is 4.25. The molecule has 134 valence electrons. The number of benzene rings is 1. The number of nitrogens with zero attached hydrogens (tertiary/aromatic N) is 5. The fourth-order valence-corrected chi connectivity index (χ4v) is 2.77. The standard InChI is InChI=1S/C15H18N6O3.ClH/c16-9-11-4-6-19(7-5-11)15(22)14-10-20(18-17-14)12-2-1-3-13(8-12)21(23)24;/h1-3,8,10-11H,4-7,9,16H2;1H. The molecule has 2 aromatic rings. The number of aromatic nitrogens is 3. The molecule has 25 heavy (non-hydrogen) atoms. The van der Waals surface area contributed by atoms with Crippen molar-refractivity contribution in [2.75, 3.05) is 19.6 Å². The number of nitro benzene ring substituents is 1. The second-order valence-corrected chi connectivity index (χ2v) is 5.80. The van der Waals surface area contributed by atoms with Crippen LogP contribution in [-0.2, 0) is 0 Å². The van der Waals surface area contributed by atoms with E-state index < -0.39 is 4.92 Å². The quantitative estimate of drug-likeness (QED) is 0.645. The van der Waals surface area contributed by atoms with Crippen LogP contribution in [0.1, 0.15) is 23.3 Å². The summed E-state index contributed by atoms with van der Waals surface area (Å²) < 4.78 is 1.37. The molecule has 0 saturated carbocycles. The van der Waals surface area contributed by atoms with Crippen molar-refractivity contribution in [3.63, 3.8) is 0 Å². The van der Waals surface area contributed by atoms with Crippen molar-refractivity contribution in [3.8, 4) is 5.69 Å². The molecule has 1 aromatic carbocycles. The summed E-state index contributed by atoms with van der Waals surface area (Å²) in [5.74, 6) is 0.289. The largest absolute Gasteiger partial charge is 0.337 e. The number of amides is 1. The van der Waals surface area contributed by atoms with Gasteiger partial charge in [-0.05, 0) is 31.4 Å². The number of piperidine rings is 1. The second-order valence-electron chi connectivity index (χ2n) is 5.80. The highest BCUT2D eigenvalue weighted by Gasteiger charge is 2.24. The van der Waals surface area contributed by atoms with E-state index in [4.69, 9.17) is 5.73 Å². The summed E-state index contributed by atoms with van der Waals surface area (Å²) in [4.78, 5) is 24.6. The van der Waals surface area contributed by atoms with Crippen molar-refractivity contribution >= 4 is 24.0 Å². The van der Waals surface area contributed by atoms with Crippen LogP contribution in [-0.4, -0.2) is 50.4 Å². The fraction of sp³-hybridized carbons (Fsp3) is 0.400. The van der Waals surface area contributed by atoms with Crippen LogP contribution >= 0.6 is 12.4 Å². The van der Waals surface area contributed by atoms with Crippen LogP contribution in [0, 0.1) is 16.0 Å². The normalized spacial score (nSPS) is 14.8. The fourth-order valence-electron chi connectivity index (χ4n) is 2.77. The summed E-state index contributed by atoms with van der Waals surface area (Å²) in [5.41, 5.74) is 6.33. The van der Waals surface area contributed by atoms with Crippen molar-refractivity contribution in [1.29, 1.82) is 0 Å². The number of rotatable bonds is 4. The van der Waals surface area contributed by atoms with E-state index in [1.807, 2.05) is 0 Å². The first-order valence-electron chi connectivity index (χ1n) is 7.75. The van der Waals surface area contributed by atoms with Gasteiger partial charge in [0.05, 0.1) is 16.8 Å². The first kappa shape index (κ1) is 18.8. The molecular weight excluding hydrogens is 348 g/mol. The van der Waals surface area contributed by atoms with Crippen LogP contribution in [0.15, 0.2) is 30.5 Å². The lowest BCUT2D eigenvalue weighted by Crippen LogP contribution is -2.40. The third kappa shape index (κ3) is 4.12. The van der Waals surface area contributed by atoms with Gasteiger partial charge in [-0.25, -0.2) is 4.68 Å². The second kappa shape index (κ2) is 8.04. The van der Waals surface area contributed by atoms with Crippen molar-refractivity contribution < 1.29 is 9.72 Å². The molecule has 1 saturated heterocycles. The maximum absolute atomic E-state index is 12.5. The lowest BCUT2D eigenvalue weighted by atomic mass is 9.97. The Bertz CT molecular complexity index is 757. The predicted molar refractivity (Wildman–Crippen MR) is 92.9 cm³/mol. The third-order valence-electron chi connectivity index (χ3n) is 4.25. The maximum atomic E-state index is 12.5. The highest BCUT2D eigenvalue weighted by Crippen LogP contribution is 2.19. The molecule has 0 radical (unpaired) electrons. The highest BCUT2D eigenvalue weighted by molar-refractivity contribution is 5.92. The molecule has 3 rings (SSSR count). The zero-order chi connectivity index (χ0) is 17.1. The first-order valence-corrected chi connectivity index (χ1v) is 7.75. The number of non-ortho nitro benzene ring substituents is 1. The van der Waals surface area contributed by atoms with Gasteiger partial charge >= 0.3 is 0 Å². The number of nitro groups is 1. The van der Waals surface area contributed by atoms with Gasteiger partial charge < -0.3 is 10.6 Å². The average molecular weight is 367 g/mol. The van der Waals surface area contributed by atoms with Gasteiger partial charge in [0.2, 0.25) is 0 Å². The molecule has 1 aliphatic heterocycles. The molecule has 1 aliphatic rings. The van der Waals surface area contributed by atoms with Gasteiger partial charge in [-0.15, -0.1) is 17.5 Å². The molecule has 0 bridgehead atoms. The molecule has 0 atom stereocenters. The summed E-state index contributed by atoms with van der Waals surface area (Å²) >= 11 is 0. The molecule has 0 unspecified atom stereocenters. The molecule has 1 fully saturated rings. The Hall–Kier alpha value is -2.52. The number of carbonyl (C=O) groups excluding carboxylic acids is 1. The Balaban J connectivity index is 0.00000225. The van der Waals surface area contributed by atoms with Crippen molar-refractivity contribution in [1.82, 2.24) is 19.9 Å². The summed E-state index contributed by atoms with van der Waals surface area (Å²) in [7, 11) is 0. The lowest BCUT2D eigenvalue weighted by Gasteiger charge is -2.30. The van der Waals surface area contributed by atoms with Gasteiger partial charge in [0.1, 0.15) is 0 Å². The van der Waals surface area contributed by atoms with E-state index in [0.717, 1.165) is 12.8 Å². The van der Waals surface area contributed by atoms with Gasteiger partial charge in [-0.2, -0.15) is 0 Å². The SMILES string of the molecule is Cl.NCC1CCN(C(=O)c2cn(-c3cccc([N+](=O)[O-])c3)nn2)CC1. The van der Waals surface area contributed by atoms with Crippen molar-refractivity contribution in [2.45, 2.75) is 12.8 Å². The number of hydrogen-bond donors (Lipinski definition) is 1. The average Bonchev–Trinajstić information content (AvgIpc) is 3.11. The first-order chi connectivity index (χ1) is 11.6. The van der Waals surface area contributed by atoms with Crippen LogP contribution in [0.3, 0.4) is 0 Å². The van der Waals surface area contributed by atoms with Crippen LogP contribution in [0.5, 0.6) is 0 Å². The summed E-state index contributed by atoms with van der Waals surface area (Å²) in [6, 6.07) is 6.01. The Morgan fingerprint density at radius 1 is 1.36 bits per heavy atom. The molecule has 2 heterocycles. The van der Waals surface area contributed by atoms with E-state index in [0.29, 0.717) is 31.2 Å². The lowest BCUT2D eigenvalue weighted by molar-refractivity contribution is -0.384. The molecule has 1 amide bonds. The van der Waals surface area contributed by atoms with E-state index in [-0.39, 0.29) is 29.7 Å². The Morgan fingerprint density at radius 3 is 2.72 bits per heavy atom. The minimum Gasteiger partial charge on any atom is -0.337 e. The Morgan fingerprint density at radius 2 is 2.08 bits per heavy atom. The number of nitrogens with two attached hydrogens (primary N) is 1. The molecule has 9 nitrogen and oxygen atoms in total. The van der Waals surface area contributed by atoms with Crippen LogP contribution in [0.25, 0.3) is 5.69 Å². The van der Waals surface area contributed by atoms with Crippen LogP contribution in [0.4, 0.5) is 5.69 Å². The number of carbonyl (C=O) groups is 1. The van der Waals surface area contributed by atoms with Gasteiger partial charge in [0.15, 0.2) is 5.69 Å². The summed E-state index contributed by atoms with van der Waals surface area (Å²) in [5, 5.41) is 18.7. The maximum Gasteiger partial charge on any atom is 0.276 e. The van der Waals surface area contributed by atoms with Crippen molar-refractivity contribution in [3.05, 3.63) is 46.3 Å². The van der Waals surface area contributed by atoms with Gasteiger partial charge in [0, 0.05) is 25.2 Å². The van der Waals surface area contributed by atoms with E-state index >= 15 is 0 Å².